The van der Waals surface area contributed by atoms with E-state index in [1.807, 2.05) is 0 Å². The predicted octanol–water partition coefficient (Wildman–Crippen LogP) is 2.84. The van der Waals surface area contributed by atoms with Crippen molar-refractivity contribution in [3.05, 3.63) is 0 Å². The number of nitrogens with zero attached hydrogens (tertiary/aromatic N) is 2. The maximum atomic E-state index is 2.77. The molecule has 17 heavy (non-hydrogen) atoms. The van der Waals surface area contributed by atoms with Gasteiger partial charge in [-0.05, 0) is 63.7 Å². The van der Waals surface area contributed by atoms with Crippen molar-refractivity contribution < 1.29 is 0 Å². The summed E-state index contributed by atoms with van der Waals surface area (Å²) in [5, 5.41) is 0. The number of hydrogen-bond acceptors (Lipinski definition) is 2. The van der Waals surface area contributed by atoms with Gasteiger partial charge >= 0.3 is 0 Å². The van der Waals surface area contributed by atoms with Gasteiger partial charge in [-0.15, -0.1) is 0 Å². The van der Waals surface area contributed by atoms with Gasteiger partial charge in [0.1, 0.15) is 0 Å². The molecular formula is C15H30N2. The van der Waals surface area contributed by atoms with Crippen molar-refractivity contribution >= 4 is 0 Å². The standard InChI is InChI=1S/C15H30N2/c1-13(2)12-16-8-6-15(7-9-16)17-10-4-14(3)5-11-17/h13-15H,4-12H2,1-3H3. The van der Waals surface area contributed by atoms with Crippen LogP contribution in [0, 0.1) is 11.8 Å². The van der Waals surface area contributed by atoms with E-state index in [1.165, 1.54) is 58.4 Å². The van der Waals surface area contributed by atoms with Gasteiger partial charge < -0.3 is 9.80 Å². The van der Waals surface area contributed by atoms with Crippen LogP contribution in [0.25, 0.3) is 0 Å². The van der Waals surface area contributed by atoms with Crippen LogP contribution in [-0.4, -0.2) is 48.6 Å². The Morgan fingerprint density at radius 1 is 0.941 bits per heavy atom. The number of piperidine rings is 2. The number of hydrogen-bond donors (Lipinski definition) is 0. The van der Waals surface area contributed by atoms with Crippen molar-refractivity contribution in [1.29, 1.82) is 0 Å². The zero-order valence-corrected chi connectivity index (χ0v) is 12.0. The molecule has 0 bridgehead atoms. The highest BCUT2D eigenvalue weighted by Gasteiger charge is 2.26. The van der Waals surface area contributed by atoms with Crippen LogP contribution in [0.4, 0.5) is 0 Å². The first-order chi connectivity index (χ1) is 8.15. The summed E-state index contributed by atoms with van der Waals surface area (Å²) >= 11 is 0. The van der Waals surface area contributed by atoms with Crippen LogP contribution in [0.2, 0.25) is 0 Å². The summed E-state index contributed by atoms with van der Waals surface area (Å²) in [6.45, 7) is 13.7. The first-order valence-corrected chi connectivity index (χ1v) is 7.61. The van der Waals surface area contributed by atoms with E-state index in [2.05, 4.69) is 30.6 Å². The normalized spacial score (nSPS) is 26.8. The highest BCUT2D eigenvalue weighted by atomic mass is 15.2. The fourth-order valence-electron chi connectivity index (χ4n) is 3.38. The first-order valence-electron chi connectivity index (χ1n) is 7.61. The van der Waals surface area contributed by atoms with Gasteiger partial charge in [-0.2, -0.15) is 0 Å². The van der Waals surface area contributed by atoms with Gasteiger partial charge in [0.2, 0.25) is 0 Å². The summed E-state index contributed by atoms with van der Waals surface area (Å²) in [5.41, 5.74) is 0. The molecule has 0 radical (unpaired) electrons. The summed E-state index contributed by atoms with van der Waals surface area (Å²) < 4.78 is 0. The second-order valence-corrected chi connectivity index (χ2v) is 6.64. The van der Waals surface area contributed by atoms with Gasteiger partial charge in [-0.1, -0.05) is 20.8 Å². The molecule has 2 aliphatic rings. The Morgan fingerprint density at radius 2 is 1.53 bits per heavy atom. The van der Waals surface area contributed by atoms with E-state index in [0.717, 1.165) is 17.9 Å². The SMILES string of the molecule is CC(C)CN1CCC(N2CCC(C)CC2)CC1. The monoisotopic (exact) mass is 238 g/mol. The Morgan fingerprint density at radius 3 is 2.06 bits per heavy atom. The maximum Gasteiger partial charge on any atom is 0.0120 e. The highest BCUT2D eigenvalue weighted by Crippen LogP contribution is 2.23. The molecule has 2 rings (SSSR count). The summed E-state index contributed by atoms with van der Waals surface area (Å²) in [7, 11) is 0. The third kappa shape index (κ3) is 3.96. The number of rotatable bonds is 3. The average molecular weight is 238 g/mol. The molecule has 2 aliphatic heterocycles. The lowest BCUT2D eigenvalue weighted by Crippen LogP contribution is -2.48. The number of likely N-dealkylation sites (tertiary alicyclic amines) is 2. The Balaban J connectivity index is 1.71. The van der Waals surface area contributed by atoms with Crippen molar-refractivity contribution in [2.75, 3.05) is 32.7 Å². The molecule has 0 saturated carbocycles. The molecule has 0 amide bonds. The minimum atomic E-state index is 0.822. The van der Waals surface area contributed by atoms with Crippen LogP contribution in [0.1, 0.15) is 46.5 Å². The van der Waals surface area contributed by atoms with E-state index in [9.17, 15) is 0 Å². The summed E-state index contributed by atoms with van der Waals surface area (Å²) in [5.74, 6) is 1.79. The van der Waals surface area contributed by atoms with E-state index >= 15 is 0 Å². The van der Waals surface area contributed by atoms with E-state index in [1.54, 1.807) is 0 Å². The highest BCUT2D eigenvalue weighted by molar-refractivity contribution is 4.82. The Labute approximate surface area is 107 Å². The molecule has 0 aromatic carbocycles. The van der Waals surface area contributed by atoms with Gasteiger partial charge in [0.25, 0.3) is 0 Å². The molecule has 2 nitrogen and oxygen atoms in total. The predicted molar refractivity (Wildman–Crippen MR) is 74.3 cm³/mol. The van der Waals surface area contributed by atoms with Crippen LogP contribution >= 0.6 is 0 Å². The fourth-order valence-corrected chi connectivity index (χ4v) is 3.38. The van der Waals surface area contributed by atoms with Gasteiger partial charge in [-0.3, -0.25) is 0 Å². The molecule has 0 spiro atoms. The van der Waals surface area contributed by atoms with Crippen molar-refractivity contribution in [2.45, 2.75) is 52.5 Å². The molecule has 0 aromatic rings. The molecule has 100 valence electrons. The average Bonchev–Trinajstić information content (AvgIpc) is 2.30. The fraction of sp³-hybridized carbons (Fsp3) is 1.00. The third-order valence-electron chi connectivity index (χ3n) is 4.52. The van der Waals surface area contributed by atoms with Crippen molar-refractivity contribution in [3.63, 3.8) is 0 Å². The van der Waals surface area contributed by atoms with Gasteiger partial charge in [0.05, 0.1) is 0 Å². The molecule has 2 heterocycles. The lowest BCUT2D eigenvalue weighted by atomic mass is 9.94. The lowest BCUT2D eigenvalue weighted by molar-refractivity contribution is 0.0764. The first kappa shape index (κ1) is 13.4. The van der Waals surface area contributed by atoms with E-state index < -0.39 is 0 Å². The van der Waals surface area contributed by atoms with Crippen LogP contribution in [0.15, 0.2) is 0 Å². The molecule has 0 N–H and O–H groups in total. The van der Waals surface area contributed by atoms with E-state index in [-0.39, 0.29) is 0 Å². The van der Waals surface area contributed by atoms with Gasteiger partial charge in [0.15, 0.2) is 0 Å². The largest absolute Gasteiger partial charge is 0.303 e. The zero-order chi connectivity index (χ0) is 12.3. The molecular weight excluding hydrogens is 208 g/mol. The molecule has 0 aromatic heterocycles. The third-order valence-corrected chi connectivity index (χ3v) is 4.52. The minimum Gasteiger partial charge on any atom is -0.303 e. The quantitative estimate of drug-likeness (QED) is 0.746. The molecule has 0 atom stereocenters. The molecule has 2 fully saturated rings. The Kier molecular flexibility index (Phi) is 4.87. The lowest BCUT2D eigenvalue weighted by Gasteiger charge is -2.41. The van der Waals surface area contributed by atoms with Crippen LogP contribution in [0.3, 0.4) is 0 Å². The Bertz CT molecular complexity index is 211. The molecule has 2 heteroatoms. The van der Waals surface area contributed by atoms with Crippen molar-refractivity contribution in [1.82, 2.24) is 9.80 Å². The van der Waals surface area contributed by atoms with Crippen LogP contribution in [-0.2, 0) is 0 Å². The van der Waals surface area contributed by atoms with Crippen molar-refractivity contribution in [2.24, 2.45) is 11.8 Å². The van der Waals surface area contributed by atoms with Gasteiger partial charge in [-0.25, -0.2) is 0 Å². The van der Waals surface area contributed by atoms with Crippen LogP contribution in [0.5, 0.6) is 0 Å². The molecule has 0 aliphatic carbocycles. The molecule has 0 unspecified atom stereocenters. The zero-order valence-electron chi connectivity index (χ0n) is 12.0. The van der Waals surface area contributed by atoms with E-state index in [4.69, 9.17) is 0 Å². The topological polar surface area (TPSA) is 6.48 Å². The maximum absolute atomic E-state index is 2.77. The van der Waals surface area contributed by atoms with E-state index in [0.29, 0.717) is 0 Å². The smallest absolute Gasteiger partial charge is 0.0120 e. The summed E-state index contributed by atoms with van der Waals surface area (Å²) in [6, 6.07) is 0.894. The summed E-state index contributed by atoms with van der Waals surface area (Å²) in [4.78, 5) is 5.43. The molecule has 2 saturated heterocycles. The minimum absolute atomic E-state index is 0.822. The van der Waals surface area contributed by atoms with Crippen LogP contribution < -0.4 is 0 Å². The van der Waals surface area contributed by atoms with Gasteiger partial charge in [0, 0.05) is 12.6 Å². The Hall–Kier alpha value is -0.0800. The summed E-state index contributed by atoms with van der Waals surface area (Å²) in [6.07, 6.45) is 5.65. The second kappa shape index (κ2) is 6.19. The second-order valence-electron chi connectivity index (χ2n) is 6.64. The van der Waals surface area contributed by atoms with Crippen molar-refractivity contribution in [3.8, 4) is 0 Å².